The van der Waals surface area contributed by atoms with Crippen LogP contribution in [-0.4, -0.2) is 19.8 Å². The normalized spacial score (nSPS) is 11.7. The summed E-state index contributed by atoms with van der Waals surface area (Å²) >= 11 is 6.71. The van der Waals surface area contributed by atoms with Gasteiger partial charge in [0, 0.05) is 13.0 Å². The van der Waals surface area contributed by atoms with Crippen LogP contribution in [0.5, 0.6) is 5.75 Å². The third kappa shape index (κ3) is 6.14. The molecule has 0 bridgehead atoms. The highest BCUT2D eigenvalue weighted by Crippen LogP contribution is 2.35. The molecule has 0 radical (unpaired) electrons. The predicted molar refractivity (Wildman–Crippen MR) is 75.4 cm³/mol. The molecule has 1 aromatic carbocycles. The van der Waals surface area contributed by atoms with Crippen LogP contribution < -0.4 is 10.1 Å². The van der Waals surface area contributed by atoms with Gasteiger partial charge in [-0.05, 0) is 63.0 Å². The molecule has 7 heteroatoms. The van der Waals surface area contributed by atoms with Gasteiger partial charge in [0.05, 0.1) is 15.6 Å². The van der Waals surface area contributed by atoms with Crippen molar-refractivity contribution in [1.82, 2.24) is 5.32 Å². The molecule has 0 saturated heterocycles. The third-order valence-corrected chi connectivity index (χ3v) is 3.47. The fraction of sp³-hybridized carbons (Fsp3) is 0.500. The van der Waals surface area contributed by atoms with Gasteiger partial charge >= 0.3 is 6.18 Å². The van der Waals surface area contributed by atoms with E-state index in [1.165, 1.54) is 0 Å². The first-order valence-corrected chi connectivity index (χ1v) is 7.24. The van der Waals surface area contributed by atoms with Crippen LogP contribution in [-0.2, 0) is 6.54 Å². The summed E-state index contributed by atoms with van der Waals surface area (Å²) in [7, 11) is 1.84. The second kappa shape index (κ2) is 7.50. The van der Waals surface area contributed by atoms with Crippen LogP contribution in [0.3, 0.4) is 0 Å². The minimum Gasteiger partial charge on any atom is -0.491 e. The van der Waals surface area contributed by atoms with Gasteiger partial charge < -0.3 is 10.1 Å². The second-order valence-electron chi connectivity index (χ2n) is 3.99. The van der Waals surface area contributed by atoms with Crippen LogP contribution in [0.2, 0.25) is 0 Å². The summed E-state index contributed by atoms with van der Waals surface area (Å²) in [6.07, 6.45) is -5.02. The van der Waals surface area contributed by atoms with Gasteiger partial charge in [-0.3, -0.25) is 0 Å². The molecule has 0 aromatic heterocycles. The lowest BCUT2D eigenvalue weighted by Crippen LogP contribution is -2.10. The van der Waals surface area contributed by atoms with Crippen LogP contribution in [0.15, 0.2) is 21.1 Å². The van der Waals surface area contributed by atoms with Crippen molar-refractivity contribution in [1.29, 1.82) is 0 Å². The summed E-state index contributed by atoms with van der Waals surface area (Å²) in [5, 5.41) is 3.02. The highest BCUT2D eigenvalue weighted by molar-refractivity contribution is 9.11. The lowest BCUT2D eigenvalue weighted by Gasteiger charge is -2.13. The molecule has 0 saturated carbocycles. The fourth-order valence-corrected chi connectivity index (χ4v) is 3.01. The first kappa shape index (κ1) is 16.8. The Hall–Kier alpha value is -0.270. The van der Waals surface area contributed by atoms with Gasteiger partial charge in [-0.1, -0.05) is 0 Å². The van der Waals surface area contributed by atoms with Crippen molar-refractivity contribution in [2.24, 2.45) is 0 Å². The number of hydrogen-bond acceptors (Lipinski definition) is 2. The van der Waals surface area contributed by atoms with Crippen LogP contribution in [0.4, 0.5) is 13.2 Å². The molecule has 1 aromatic rings. The number of halogens is 5. The van der Waals surface area contributed by atoms with Crippen LogP contribution in [0.1, 0.15) is 18.4 Å². The van der Waals surface area contributed by atoms with Crippen molar-refractivity contribution in [2.45, 2.75) is 25.6 Å². The Morgan fingerprint density at radius 3 is 2.26 bits per heavy atom. The zero-order valence-corrected chi connectivity index (χ0v) is 13.5. The molecule has 0 atom stereocenters. The van der Waals surface area contributed by atoms with Crippen molar-refractivity contribution in [3.63, 3.8) is 0 Å². The van der Waals surface area contributed by atoms with E-state index >= 15 is 0 Å². The first-order valence-electron chi connectivity index (χ1n) is 5.65. The van der Waals surface area contributed by atoms with E-state index in [-0.39, 0.29) is 13.0 Å². The number of alkyl halides is 3. The smallest absolute Gasteiger partial charge is 0.389 e. The molecular formula is C12H14Br2F3NO. The Labute approximate surface area is 127 Å². The SMILES string of the molecule is CNCc1cc(Br)c(OCCCC(F)(F)F)c(Br)c1. The quantitative estimate of drug-likeness (QED) is 0.696. The summed E-state index contributed by atoms with van der Waals surface area (Å²) in [6, 6.07) is 3.75. The Morgan fingerprint density at radius 2 is 1.79 bits per heavy atom. The Bertz CT molecular complexity index is 401. The minimum atomic E-state index is -4.13. The van der Waals surface area contributed by atoms with Crippen molar-refractivity contribution >= 4 is 31.9 Å². The molecule has 0 spiro atoms. The Morgan fingerprint density at radius 1 is 1.21 bits per heavy atom. The maximum atomic E-state index is 12.0. The number of benzene rings is 1. The standard InChI is InChI=1S/C12H14Br2F3NO/c1-18-7-8-5-9(13)11(10(14)6-8)19-4-2-3-12(15,16)17/h5-6,18H,2-4,7H2,1H3. The maximum absolute atomic E-state index is 12.0. The molecule has 0 aliphatic carbocycles. The molecule has 108 valence electrons. The second-order valence-corrected chi connectivity index (χ2v) is 5.69. The molecule has 19 heavy (non-hydrogen) atoms. The van der Waals surface area contributed by atoms with Gasteiger partial charge in [0.1, 0.15) is 5.75 Å². The van der Waals surface area contributed by atoms with E-state index in [0.29, 0.717) is 12.3 Å². The molecule has 2 nitrogen and oxygen atoms in total. The van der Waals surface area contributed by atoms with E-state index in [1.54, 1.807) is 0 Å². The van der Waals surface area contributed by atoms with Gasteiger partial charge in [-0.15, -0.1) is 0 Å². The highest BCUT2D eigenvalue weighted by Gasteiger charge is 2.26. The van der Waals surface area contributed by atoms with Gasteiger partial charge in [0.2, 0.25) is 0 Å². The van der Waals surface area contributed by atoms with E-state index in [0.717, 1.165) is 14.5 Å². The topological polar surface area (TPSA) is 21.3 Å². The highest BCUT2D eigenvalue weighted by atomic mass is 79.9. The van der Waals surface area contributed by atoms with Gasteiger partial charge in [-0.2, -0.15) is 13.2 Å². The minimum absolute atomic E-state index is 0.0298. The molecule has 0 unspecified atom stereocenters. The third-order valence-electron chi connectivity index (χ3n) is 2.29. The molecule has 0 aliphatic heterocycles. The fourth-order valence-electron chi connectivity index (χ4n) is 1.50. The van der Waals surface area contributed by atoms with E-state index in [4.69, 9.17) is 4.74 Å². The summed E-state index contributed by atoms with van der Waals surface area (Å²) in [4.78, 5) is 0. The van der Waals surface area contributed by atoms with Gasteiger partial charge in [0.25, 0.3) is 0 Å². The van der Waals surface area contributed by atoms with Gasteiger partial charge in [-0.25, -0.2) is 0 Å². The lowest BCUT2D eigenvalue weighted by atomic mass is 10.2. The first-order chi connectivity index (χ1) is 8.83. The number of rotatable bonds is 6. The van der Waals surface area contributed by atoms with E-state index < -0.39 is 12.6 Å². The van der Waals surface area contributed by atoms with Gasteiger partial charge in [0.15, 0.2) is 0 Å². The van der Waals surface area contributed by atoms with Crippen molar-refractivity contribution in [3.8, 4) is 5.75 Å². The van der Waals surface area contributed by atoms with Crippen molar-refractivity contribution < 1.29 is 17.9 Å². The zero-order valence-electron chi connectivity index (χ0n) is 10.3. The van der Waals surface area contributed by atoms with Crippen molar-refractivity contribution in [2.75, 3.05) is 13.7 Å². The molecule has 0 aliphatic rings. The van der Waals surface area contributed by atoms with E-state index in [2.05, 4.69) is 37.2 Å². The summed E-state index contributed by atoms with van der Waals surface area (Å²) in [5.41, 5.74) is 1.05. The molecule has 0 heterocycles. The lowest BCUT2D eigenvalue weighted by molar-refractivity contribution is -0.136. The predicted octanol–water partition coefficient (Wildman–Crippen LogP) is 4.65. The summed E-state index contributed by atoms with van der Waals surface area (Å²) in [5.74, 6) is 0.530. The number of ether oxygens (including phenoxy) is 1. The maximum Gasteiger partial charge on any atom is 0.389 e. The molecule has 0 amide bonds. The molecular weight excluding hydrogens is 391 g/mol. The molecule has 0 fully saturated rings. The Balaban J connectivity index is 2.59. The molecule has 1 N–H and O–H groups in total. The van der Waals surface area contributed by atoms with Crippen LogP contribution in [0, 0.1) is 0 Å². The Kier molecular flexibility index (Phi) is 6.62. The van der Waals surface area contributed by atoms with Crippen molar-refractivity contribution in [3.05, 3.63) is 26.6 Å². The zero-order chi connectivity index (χ0) is 14.5. The monoisotopic (exact) mass is 403 g/mol. The average molecular weight is 405 g/mol. The van der Waals surface area contributed by atoms with Crippen LogP contribution in [0.25, 0.3) is 0 Å². The summed E-state index contributed by atoms with van der Waals surface area (Å²) in [6.45, 7) is 0.730. The van der Waals surface area contributed by atoms with E-state index in [9.17, 15) is 13.2 Å². The average Bonchev–Trinajstić information content (AvgIpc) is 2.26. The number of nitrogens with one attached hydrogen (secondary N) is 1. The molecule has 1 rings (SSSR count). The summed E-state index contributed by atoms with van der Waals surface area (Å²) < 4.78 is 42.8. The van der Waals surface area contributed by atoms with Crippen LogP contribution >= 0.6 is 31.9 Å². The largest absolute Gasteiger partial charge is 0.491 e. The van der Waals surface area contributed by atoms with E-state index in [1.807, 2.05) is 19.2 Å². The number of hydrogen-bond donors (Lipinski definition) is 1.